The minimum atomic E-state index is -1.17. The molecule has 0 heterocycles. The Morgan fingerprint density at radius 3 is 2.00 bits per heavy atom. The van der Waals surface area contributed by atoms with Gasteiger partial charge in [0, 0.05) is 6.07 Å². The third kappa shape index (κ3) is 3.20. The van der Waals surface area contributed by atoms with E-state index in [0.29, 0.717) is 12.8 Å². The third-order valence-corrected chi connectivity index (χ3v) is 2.96. The van der Waals surface area contributed by atoms with Crippen LogP contribution in [0.25, 0.3) is 0 Å². The first-order valence-corrected chi connectivity index (χ1v) is 6.03. The maximum absolute atomic E-state index is 10.8. The Morgan fingerprint density at radius 2 is 1.45 bits per heavy atom. The highest BCUT2D eigenvalue weighted by molar-refractivity contribution is 5.90. The lowest BCUT2D eigenvalue weighted by Crippen LogP contribution is -1.98. The zero-order chi connectivity index (χ0) is 14.7. The highest BCUT2D eigenvalue weighted by atomic mass is 16.4. The van der Waals surface area contributed by atoms with Crippen molar-refractivity contribution in [3.63, 3.8) is 0 Å². The first kappa shape index (κ1) is 13.7. The van der Waals surface area contributed by atoms with Crippen LogP contribution in [-0.4, -0.2) is 26.4 Å². The highest BCUT2D eigenvalue weighted by Gasteiger charge is 2.09. The largest absolute Gasteiger partial charge is 0.508 e. The molecule has 0 amide bonds. The number of phenols is 3. The molecule has 0 spiro atoms. The summed E-state index contributed by atoms with van der Waals surface area (Å²) >= 11 is 0. The molecule has 0 atom stereocenters. The van der Waals surface area contributed by atoms with E-state index in [-0.39, 0.29) is 22.8 Å². The zero-order valence-electron chi connectivity index (χ0n) is 10.6. The summed E-state index contributed by atoms with van der Waals surface area (Å²) in [7, 11) is 0. The first-order valence-electron chi connectivity index (χ1n) is 6.03. The Labute approximate surface area is 115 Å². The molecule has 0 aliphatic carbocycles. The van der Waals surface area contributed by atoms with Gasteiger partial charge in [0.15, 0.2) is 0 Å². The van der Waals surface area contributed by atoms with Gasteiger partial charge in [-0.05, 0) is 48.2 Å². The van der Waals surface area contributed by atoms with Crippen LogP contribution in [0.3, 0.4) is 0 Å². The number of phenolic OH excluding ortho intramolecular Hbond substituents is 2. The quantitative estimate of drug-likeness (QED) is 0.685. The molecular formula is C15H14O5. The van der Waals surface area contributed by atoms with Gasteiger partial charge in [-0.25, -0.2) is 4.79 Å². The molecular weight excluding hydrogens is 260 g/mol. The summed E-state index contributed by atoms with van der Waals surface area (Å²) in [6.45, 7) is 0. The van der Waals surface area contributed by atoms with E-state index in [9.17, 15) is 20.1 Å². The van der Waals surface area contributed by atoms with Crippen LogP contribution in [-0.2, 0) is 12.8 Å². The average molecular weight is 274 g/mol. The number of hydrogen-bond donors (Lipinski definition) is 4. The molecule has 0 bridgehead atoms. The van der Waals surface area contributed by atoms with Crippen molar-refractivity contribution < 1.29 is 25.2 Å². The van der Waals surface area contributed by atoms with Crippen LogP contribution < -0.4 is 0 Å². The van der Waals surface area contributed by atoms with Gasteiger partial charge < -0.3 is 20.4 Å². The monoisotopic (exact) mass is 274 g/mol. The number of hydrogen-bond acceptors (Lipinski definition) is 4. The van der Waals surface area contributed by atoms with Gasteiger partial charge in [0.05, 0.1) is 0 Å². The molecule has 20 heavy (non-hydrogen) atoms. The number of carboxylic acids is 1. The standard InChI is InChI=1S/C15H14O5/c16-11-5-10(6-12(17)8-11)2-1-9-3-4-13(15(19)20)14(18)7-9/h3-8,16-18H,1-2H2,(H,19,20). The van der Waals surface area contributed by atoms with E-state index in [4.69, 9.17) is 5.11 Å². The molecule has 0 fully saturated rings. The summed E-state index contributed by atoms with van der Waals surface area (Å²) in [6, 6.07) is 8.73. The Hall–Kier alpha value is -2.69. The maximum Gasteiger partial charge on any atom is 0.339 e. The van der Waals surface area contributed by atoms with Gasteiger partial charge >= 0.3 is 5.97 Å². The number of aryl methyl sites for hydroxylation is 2. The van der Waals surface area contributed by atoms with E-state index < -0.39 is 5.97 Å². The van der Waals surface area contributed by atoms with Crippen molar-refractivity contribution in [2.45, 2.75) is 12.8 Å². The number of carboxylic acid groups (broad SMARTS) is 1. The molecule has 2 aromatic carbocycles. The van der Waals surface area contributed by atoms with E-state index in [2.05, 4.69) is 0 Å². The Kier molecular flexibility index (Phi) is 3.79. The van der Waals surface area contributed by atoms with Crippen LogP contribution in [0.15, 0.2) is 36.4 Å². The van der Waals surface area contributed by atoms with E-state index in [1.165, 1.54) is 18.2 Å². The number of aromatic carboxylic acids is 1. The average Bonchev–Trinajstić information content (AvgIpc) is 2.35. The summed E-state index contributed by atoms with van der Waals surface area (Å²) in [6.07, 6.45) is 1.10. The molecule has 5 nitrogen and oxygen atoms in total. The molecule has 0 saturated heterocycles. The minimum Gasteiger partial charge on any atom is -0.508 e. The van der Waals surface area contributed by atoms with Gasteiger partial charge in [-0.3, -0.25) is 0 Å². The highest BCUT2D eigenvalue weighted by Crippen LogP contribution is 2.23. The number of benzene rings is 2. The van der Waals surface area contributed by atoms with Crippen molar-refractivity contribution in [3.05, 3.63) is 53.1 Å². The lowest BCUT2D eigenvalue weighted by Gasteiger charge is -2.06. The molecule has 0 unspecified atom stereocenters. The molecule has 0 radical (unpaired) electrons. The van der Waals surface area contributed by atoms with Crippen LogP contribution >= 0.6 is 0 Å². The summed E-state index contributed by atoms with van der Waals surface area (Å²) in [5.41, 5.74) is 1.39. The predicted molar refractivity (Wildman–Crippen MR) is 72.2 cm³/mol. The van der Waals surface area contributed by atoms with Gasteiger partial charge in [-0.2, -0.15) is 0 Å². The Bertz CT molecular complexity index is 628. The summed E-state index contributed by atoms with van der Waals surface area (Å²) in [4.78, 5) is 10.8. The van der Waals surface area contributed by atoms with E-state index in [1.54, 1.807) is 18.2 Å². The molecule has 2 aromatic rings. The smallest absolute Gasteiger partial charge is 0.339 e. The predicted octanol–water partition coefficient (Wildman–Crippen LogP) is 2.29. The molecule has 5 heteroatoms. The maximum atomic E-state index is 10.8. The van der Waals surface area contributed by atoms with Crippen LogP contribution in [0.1, 0.15) is 21.5 Å². The van der Waals surface area contributed by atoms with Crippen molar-refractivity contribution in [1.29, 1.82) is 0 Å². The van der Waals surface area contributed by atoms with Crippen LogP contribution in [0, 0.1) is 0 Å². The van der Waals surface area contributed by atoms with Gasteiger partial charge in [-0.15, -0.1) is 0 Å². The van der Waals surface area contributed by atoms with Crippen molar-refractivity contribution >= 4 is 5.97 Å². The van der Waals surface area contributed by atoms with Crippen LogP contribution in [0.5, 0.6) is 17.2 Å². The summed E-state index contributed by atoms with van der Waals surface area (Å²) in [5.74, 6) is -1.46. The van der Waals surface area contributed by atoms with Crippen molar-refractivity contribution in [2.24, 2.45) is 0 Å². The van der Waals surface area contributed by atoms with Crippen molar-refractivity contribution in [3.8, 4) is 17.2 Å². The summed E-state index contributed by atoms with van der Waals surface area (Å²) in [5, 5.41) is 37.1. The molecule has 4 N–H and O–H groups in total. The second-order valence-corrected chi connectivity index (χ2v) is 4.51. The van der Waals surface area contributed by atoms with Gasteiger partial charge in [0.2, 0.25) is 0 Å². The molecule has 0 aliphatic heterocycles. The Balaban J connectivity index is 2.11. The normalized spacial score (nSPS) is 10.4. The topological polar surface area (TPSA) is 98.0 Å². The SMILES string of the molecule is O=C(O)c1ccc(CCc2cc(O)cc(O)c2)cc1O. The number of aromatic hydroxyl groups is 3. The van der Waals surface area contributed by atoms with Crippen molar-refractivity contribution in [2.75, 3.05) is 0 Å². The van der Waals surface area contributed by atoms with Gasteiger partial charge in [0.1, 0.15) is 22.8 Å². The minimum absolute atomic E-state index is 0.0101. The number of rotatable bonds is 4. The fraction of sp³-hybridized carbons (Fsp3) is 0.133. The third-order valence-electron chi connectivity index (χ3n) is 2.96. The Morgan fingerprint density at radius 1 is 0.850 bits per heavy atom. The van der Waals surface area contributed by atoms with E-state index in [0.717, 1.165) is 11.1 Å². The lowest BCUT2D eigenvalue weighted by molar-refractivity contribution is 0.0693. The number of carbonyl (C=O) groups is 1. The molecule has 104 valence electrons. The zero-order valence-corrected chi connectivity index (χ0v) is 10.6. The summed E-state index contributed by atoms with van der Waals surface area (Å²) < 4.78 is 0. The molecule has 2 rings (SSSR count). The first-order chi connectivity index (χ1) is 9.45. The van der Waals surface area contributed by atoms with Gasteiger partial charge in [-0.1, -0.05) is 6.07 Å². The van der Waals surface area contributed by atoms with Crippen molar-refractivity contribution in [1.82, 2.24) is 0 Å². The second kappa shape index (κ2) is 5.52. The second-order valence-electron chi connectivity index (χ2n) is 4.51. The molecule has 0 saturated carbocycles. The molecule has 0 aromatic heterocycles. The fourth-order valence-electron chi connectivity index (χ4n) is 2.00. The van der Waals surface area contributed by atoms with E-state index >= 15 is 0 Å². The fourth-order valence-corrected chi connectivity index (χ4v) is 2.00. The molecule has 0 aliphatic rings. The van der Waals surface area contributed by atoms with E-state index in [1.807, 2.05) is 0 Å². The van der Waals surface area contributed by atoms with Gasteiger partial charge in [0.25, 0.3) is 0 Å². The van der Waals surface area contributed by atoms with Crippen LogP contribution in [0.2, 0.25) is 0 Å². The lowest BCUT2D eigenvalue weighted by atomic mass is 10.0. The van der Waals surface area contributed by atoms with Crippen LogP contribution in [0.4, 0.5) is 0 Å².